The van der Waals surface area contributed by atoms with Crippen molar-refractivity contribution in [1.82, 2.24) is 4.90 Å². The molecule has 4 nitrogen and oxygen atoms in total. The first-order valence-corrected chi connectivity index (χ1v) is 10.6. The van der Waals surface area contributed by atoms with E-state index in [9.17, 15) is 9.90 Å². The van der Waals surface area contributed by atoms with E-state index in [-0.39, 0.29) is 30.3 Å². The molecule has 152 valence electrons. The summed E-state index contributed by atoms with van der Waals surface area (Å²) in [5.74, 6) is -0.829. The van der Waals surface area contributed by atoms with Crippen molar-refractivity contribution in [1.29, 1.82) is 0 Å². The number of carbonyl (C=O) groups is 1. The molecule has 1 saturated heterocycles. The Morgan fingerprint density at radius 3 is 2.07 bits per heavy atom. The molecule has 0 bridgehead atoms. The van der Waals surface area contributed by atoms with Gasteiger partial charge in [-0.2, -0.15) is 0 Å². The van der Waals surface area contributed by atoms with Crippen LogP contribution >= 0.6 is 0 Å². The van der Waals surface area contributed by atoms with Crippen LogP contribution in [0, 0.1) is 0 Å². The van der Waals surface area contributed by atoms with Crippen LogP contribution in [0.5, 0.6) is 0 Å². The van der Waals surface area contributed by atoms with Crippen LogP contribution in [0.2, 0.25) is 0 Å². The SMILES string of the molecule is CCC(CC)OC1C=C(C(=O)O)CC2C1N2C(c1ccccc1)c1ccccc1. The van der Waals surface area contributed by atoms with E-state index in [0.29, 0.717) is 12.0 Å². The molecule has 1 fully saturated rings. The highest BCUT2D eigenvalue weighted by Crippen LogP contribution is 2.49. The number of carboxylic acid groups (broad SMARTS) is 1. The molecule has 2 aromatic rings. The van der Waals surface area contributed by atoms with Crippen LogP contribution < -0.4 is 0 Å². The zero-order chi connectivity index (χ0) is 20.4. The number of nitrogens with zero attached hydrogens (tertiary/aromatic N) is 1. The lowest BCUT2D eigenvalue weighted by molar-refractivity contribution is -0.133. The van der Waals surface area contributed by atoms with Gasteiger partial charge >= 0.3 is 5.97 Å². The maximum Gasteiger partial charge on any atom is 0.331 e. The highest BCUT2D eigenvalue weighted by molar-refractivity contribution is 5.87. The lowest BCUT2D eigenvalue weighted by atomic mass is 9.97. The van der Waals surface area contributed by atoms with Crippen LogP contribution in [0.15, 0.2) is 72.3 Å². The molecule has 1 aliphatic carbocycles. The number of aliphatic carboxylic acids is 1. The van der Waals surface area contributed by atoms with Gasteiger partial charge in [0.2, 0.25) is 0 Å². The second-order valence-corrected chi connectivity index (χ2v) is 7.97. The molecule has 0 amide bonds. The molecule has 2 aliphatic rings. The Balaban J connectivity index is 1.68. The quantitative estimate of drug-likeness (QED) is 0.656. The summed E-state index contributed by atoms with van der Waals surface area (Å²) in [4.78, 5) is 14.2. The minimum Gasteiger partial charge on any atom is -0.478 e. The highest BCUT2D eigenvalue weighted by atomic mass is 16.5. The van der Waals surface area contributed by atoms with E-state index in [0.717, 1.165) is 12.8 Å². The molecule has 0 aromatic heterocycles. The van der Waals surface area contributed by atoms with E-state index >= 15 is 0 Å². The predicted octanol–water partition coefficient (Wildman–Crippen LogP) is 4.82. The third-order valence-electron chi connectivity index (χ3n) is 6.23. The molecule has 4 atom stereocenters. The van der Waals surface area contributed by atoms with E-state index in [1.807, 2.05) is 18.2 Å². The van der Waals surface area contributed by atoms with Gasteiger partial charge in [0.15, 0.2) is 0 Å². The molecule has 0 spiro atoms. The summed E-state index contributed by atoms with van der Waals surface area (Å²) in [5.41, 5.74) is 2.93. The number of hydrogen-bond donors (Lipinski definition) is 1. The normalized spacial score (nSPS) is 25.6. The van der Waals surface area contributed by atoms with Gasteiger partial charge in [-0.15, -0.1) is 0 Å². The van der Waals surface area contributed by atoms with Gasteiger partial charge in [0.25, 0.3) is 0 Å². The number of rotatable bonds is 8. The van der Waals surface area contributed by atoms with Gasteiger partial charge in [-0.3, -0.25) is 4.90 Å². The predicted molar refractivity (Wildman–Crippen MR) is 114 cm³/mol. The lowest BCUT2D eigenvalue weighted by Crippen LogP contribution is -2.30. The number of fused-ring (bicyclic) bond motifs is 1. The Morgan fingerprint density at radius 2 is 1.59 bits per heavy atom. The summed E-state index contributed by atoms with van der Waals surface area (Å²) >= 11 is 0. The smallest absolute Gasteiger partial charge is 0.331 e. The zero-order valence-corrected chi connectivity index (χ0v) is 17.1. The summed E-state index contributed by atoms with van der Waals surface area (Å²) < 4.78 is 6.39. The first-order valence-electron chi connectivity index (χ1n) is 10.6. The molecule has 4 unspecified atom stereocenters. The van der Waals surface area contributed by atoms with Crippen molar-refractivity contribution in [3.63, 3.8) is 0 Å². The molecule has 29 heavy (non-hydrogen) atoms. The van der Waals surface area contributed by atoms with Crippen molar-refractivity contribution in [2.45, 2.75) is 63.4 Å². The molecule has 0 radical (unpaired) electrons. The summed E-state index contributed by atoms with van der Waals surface area (Å²) in [7, 11) is 0. The van der Waals surface area contributed by atoms with Crippen molar-refractivity contribution in [3.8, 4) is 0 Å². The largest absolute Gasteiger partial charge is 0.478 e. The second-order valence-electron chi connectivity index (χ2n) is 7.97. The van der Waals surface area contributed by atoms with E-state index in [4.69, 9.17) is 4.74 Å². The lowest BCUT2D eigenvalue weighted by Gasteiger charge is -2.25. The summed E-state index contributed by atoms with van der Waals surface area (Å²) in [6.07, 6.45) is 4.26. The molecule has 4 rings (SSSR count). The number of hydrogen-bond acceptors (Lipinski definition) is 3. The van der Waals surface area contributed by atoms with Crippen molar-refractivity contribution in [3.05, 3.63) is 83.4 Å². The average Bonchev–Trinajstić information content (AvgIpc) is 3.47. The fourth-order valence-corrected chi connectivity index (χ4v) is 4.68. The molecule has 0 saturated carbocycles. The van der Waals surface area contributed by atoms with Gasteiger partial charge in [-0.25, -0.2) is 4.79 Å². The maximum absolute atomic E-state index is 11.8. The van der Waals surface area contributed by atoms with Crippen molar-refractivity contribution in [2.24, 2.45) is 0 Å². The number of ether oxygens (including phenoxy) is 1. The number of carboxylic acids is 1. The van der Waals surface area contributed by atoms with Gasteiger partial charge in [0, 0.05) is 11.6 Å². The van der Waals surface area contributed by atoms with Gasteiger partial charge in [0.1, 0.15) is 0 Å². The standard InChI is InChI=1S/C25H29NO3/c1-3-20(4-2)29-22-16-19(25(27)28)15-21-24(22)26(21)23(17-11-7-5-8-12-17)18-13-9-6-10-14-18/h5-14,16,20-24H,3-4,15H2,1-2H3,(H,27,28). The van der Waals surface area contributed by atoms with E-state index < -0.39 is 5.97 Å². The van der Waals surface area contributed by atoms with Gasteiger partial charge in [0.05, 0.1) is 24.3 Å². The van der Waals surface area contributed by atoms with Crippen molar-refractivity contribution >= 4 is 5.97 Å². The third kappa shape index (κ3) is 4.00. The summed E-state index contributed by atoms with van der Waals surface area (Å²) in [5, 5.41) is 9.66. The first kappa shape index (κ1) is 19.9. The Labute approximate surface area is 172 Å². The monoisotopic (exact) mass is 391 g/mol. The van der Waals surface area contributed by atoms with Crippen LogP contribution in [0.1, 0.15) is 50.3 Å². The fourth-order valence-electron chi connectivity index (χ4n) is 4.68. The van der Waals surface area contributed by atoms with Crippen LogP contribution in [0.3, 0.4) is 0 Å². The van der Waals surface area contributed by atoms with E-state index in [1.165, 1.54) is 11.1 Å². The average molecular weight is 392 g/mol. The molecular weight excluding hydrogens is 362 g/mol. The van der Waals surface area contributed by atoms with Gasteiger partial charge in [-0.05, 0) is 36.5 Å². The molecule has 1 heterocycles. The van der Waals surface area contributed by atoms with E-state index in [1.54, 1.807) is 0 Å². The highest BCUT2D eigenvalue weighted by Gasteiger charge is 2.58. The third-order valence-corrected chi connectivity index (χ3v) is 6.23. The molecule has 4 heteroatoms. The minimum absolute atomic E-state index is 0.0988. The fraction of sp³-hybridized carbons (Fsp3) is 0.400. The zero-order valence-electron chi connectivity index (χ0n) is 17.1. The van der Waals surface area contributed by atoms with E-state index in [2.05, 4.69) is 67.3 Å². The molecular formula is C25H29NO3. The van der Waals surface area contributed by atoms with Crippen LogP contribution in [-0.4, -0.2) is 40.3 Å². The molecule has 1 aliphatic heterocycles. The molecule has 1 N–H and O–H groups in total. The van der Waals surface area contributed by atoms with Crippen LogP contribution in [0.25, 0.3) is 0 Å². The first-order chi connectivity index (χ1) is 14.1. The maximum atomic E-state index is 11.8. The Morgan fingerprint density at radius 1 is 1.03 bits per heavy atom. The molecule has 2 aromatic carbocycles. The number of benzene rings is 2. The van der Waals surface area contributed by atoms with Gasteiger partial charge < -0.3 is 9.84 Å². The Bertz CT molecular complexity index is 821. The Kier molecular flexibility index (Phi) is 5.84. The van der Waals surface area contributed by atoms with Crippen molar-refractivity contribution in [2.75, 3.05) is 0 Å². The Hall–Kier alpha value is -2.43. The summed E-state index contributed by atoms with van der Waals surface area (Å²) in [6.45, 7) is 4.25. The summed E-state index contributed by atoms with van der Waals surface area (Å²) in [6, 6.07) is 21.5. The van der Waals surface area contributed by atoms with Crippen LogP contribution in [0.4, 0.5) is 0 Å². The minimum atomic E-state index is -0.829. The van der Waals surface area contributed by atoms with Gasteiger partial charge in [-0.1, -0.05) is 74.5 Å². The van der Waals surface area contributed by atoms with Crippen molar-refractivity contribution < 1.29 is 14.6 Å². The second kappa shape index (κ2) is 8.52. The van der Waals surface area contributed by atoms with Crippen LogP contribution in [-0.2, 0) is 9.53 Å². The topological polar surface area (TPSA) is 49.5 Å².